The molecule has 1 aliphatic rings. The summed E-state index contributed by atoms with van der Waals surface area (Å²) in [6, 6.07) is 6.98. The number of amides is 1. The number of hydrogen-bond acceptors (Lipinski definition) is 4. The number of aliphatic hydroxyl groups excluding tert-OH is 1. The van der Waals surface area contributed by atoms with Crippen LogP contribution in [0.4, 0.5) is 0 Å². The number of ether oxygens (including phenoxy) is 1. The fourth-order valence-corrected chi connectivity index (χ4v) is 2.51. The molecule has 0 bridgehead atoms. The second-order valence-electron chi connectivity index (χ2n) is 5.27. The first-order valence-electron chi connectivity index (χ1n) is 7.11. The molecule has 1 aromatic carbocycles. The van der Waals surface area contributed by atoms with Gasteiger partial charge in [-0.3, -0.25) is 4.79 Å². The van der Waals surface area contributed by atoms with Crippen molar-refractivity contribution in [2.75, 3.05) is 26.7 Å². The van der Waals surface area contributed by atoms with Gasteiger partial charge in [-0.25, -0.2) is 0 Å². The molecule has 1 fully saturated rings. The second-order valence-corrected chi connectivity index (χ2v) is 5.71. The maximum Gasteiger partial charge on any atom is 0.239 e. The molecule has 0 saturated carbocycles. The molecule has 6 heteroatoms. The van der Waals surface area contributed by atoms with Crippen molar-refractivity contribution in [2.24, 2.45) is 0 Å². The summed E-state index contributed by atoms with van der Waals surface area (Å²) >= 11 is 5.87. The molecule has 1 heterocycles. The molecule has 0 aromatic heterocycles. The monoisotopic (exact) mass is 312 g/mol. The minimum atomic E-state index is -0.418. The van der Waals surface area contributed by atoms with Gasteiger partial charge in [0.2, 0.25) is 5.91 Å². The quantitative estimate of drug-likeness (QED) is 0.777. The van der Waals surface area contributed by atoms with Gasteiger partial charge >= 0.3 is 0 Å². The van der Waals surface area contributed by atoms with Crippen molar-refractivity contribution >= 4 is 17.5 Å². The molecular weight excluding hydrogens is 292 g/mol. The van der Waals surface area contributed by atoms with Crippen LogP contribution in [0, 0.1) is 0 Å². The van der Waals surface area contributed by atoms with Gasteiger partial charge in [0.25, 0.3) is 0 Å². The van der Waals surface area contributed by atoms with Gasteiger partial charge in [-0.2, -0.15) is 0 Å². The number of likely N-dealkylation sites (N-methyl/N-ethyl adjacent to an activating group) is 1. The number of carbonyl (C=O) groups excluding carboxylic acids is 1. The van der Waals surface area contributed by atoms with Gasteiger partial charge in [0.15, 0.2) is 0 Å². The van der Waals surface area contributed by atoms with E-state index in [1.807, 2.05) is 12.1 Å². The summed E-state index contributed by atoms with van der Waals surface area (Å²) in [5, 5.41) is 13.1. The van der Waals surface area contributed by atoms with E-state index < -0.39 is 6.10 Å². The molecule has 1 aliphatic heterocycles. The first-order valence-corrected chi connectivity index (χ1v) is 7.49. The number of aliphatic hydroxyl groups is 1. The molecule has 2 rings (SSSR count). The molecule has 5 nitrogen and oxygen atoms in total. The Hall–Kier alpha value is -1.30. The van der Waals surface area contributed by atoms with E-state index >= 15 is 0 Å². The highest BCUT2D eigenvalue weighted by Crippen LogP contribution is 2.17. The minimum absolute atomic E-state index is 0.0225. The second kappa shape index (κ2) is 7.64. The average molecular weight is 313 g/mol. The highest BCUT2D eigenvalue weighted by molar-refractivity contribution is 6.30. The van der Waals surface area contributed by atoms with Crippen molar-refractivity contribution < 1.29 is 14.6 Å². The number of benzene rings is 1. The van der Waals surface area contributed by atoms with Crippen LogP contribution in [0.15, 0.2) is 24.3 Å². The Labute approximate surface area is 129 Å². The van der Waals surface area contributed by atoms with Gasteiger partial charge in [0.05, 0.1) is 18.8 Å². The molecule has 0 aliphatic carbocycles. The van der Waals surface area contributed by atoms with E-state index in [0.29, 0.717) is 31.1 Å². The van der Waals surface area contributed by atoms with Crippen LogP contribution in [0.5, 0.6) is 5.75 Å². The number of β-amino-alcohol motifs (C(OH)–C–C–N with tert-alkyl or cyclic N) is 1. The van der Waals surface area contributed by atoms with Crippen LogP contribution in [-0.4, -0.2) is 54.8 Å². The Morgan fingerprint density at radius 3 is 3.05 bits per heavy atom. The van der Waals surface area contributed by atoms with Crippen LogP contribution >= 0.6 is 11.6 Å². The third kappa shape index (κ3) is 4.88. The SMILES string of the molecule is CN(CCCOc1cccc(Cl)c1)C(=O)[C@H]1C[C@H](O)CN1. The zero-order chi connectivity index (χ0) is 15.2. The molecule has 1 saturated heterocycles. The Balaban J connectivity index is 1.67. The third-order valence-electron chi connectivity index (χ3n) is 3.48. The van der Waals surface area contributed by atoms with Gasteiger partial charge in [-0.05, 0) is 31.0 Å². The minimum Gasteiger partial charge on any atom is -0.493 e. The Morgan fingerprint density at radius 2 is 2.38 bits per heavy atom. The Morgan fingerprint density at radius 1 is 1.57 bits per heavy atom. The van der Waals surface area contributed by atoms with Crippen molar-refractivity contribution in [3.05, 3.63) is 29.3 Å². The van der Waals surface area contributed by atoms with Crippen molar-refractivity contribution in [3.63, 3.8) is 0 Å². The van der Waals surface area contributed by atoms with Crippen LogP contribution in [-0.2, 0) is 4.79 Å². The fourth-order valence-electron chi connectivity index (χ4n) is 2.33. The molecule has 2 N–H and O–H groups in total. The number of hydrogen-bond donors (Lipinski definition) is 2. The smallest absolute Gasteiger partial charge is 0.239 e. The summed E-state index contributed by atoms with van der Waals surface area (Å²) in [4.78, 5) is 13.8. The lowest BCUT2D eigenvalue weighted by molar-refractivity contribution is -0.132. The predicted octanol–water partition coefficient (Wildman–Crippen LogP) is 1.29. The molecule has 1 aromatic rings. The maximum absolute atomic E-state index is 12.1. The van der Waals surface area contributed by atoms with Gasteiger partial charge < -0.3 is 20.1 Å². The van der Waals surface area contributed by atoms with E-state index in [1.165, 1.54) is 0 Å². The molecule has 2 atom stereocenters. The van der Waals surface area contributed by atoms with Crippen molar-refractivity contribution in [3.8, 4) is 5.75 Å². The molecule has 0 radical (unpaired) electrons. The van der Waals surface area contributed by atoms with Crippen LogP contribution in [0.1, 0.15) is 12.8 Å². The molecular formula is C15H21ClN2O3. The summed E-state index contributed by atoms with van der Waals surface area (Å²) in [7, 11) is 1.77. The fraction of sp³-hybridized carbons (Fsp3) is 0.533. The Bertz CT molecular complexity index is 484. The van der Waals surface area contributed by atoms with Gasteiger partial charge in [0.1, 0.15) is 5.75 Å². The molecule has 21 heavy (non-hydrogen) atoms. The highest BCUT2D eigenvalue weighted by atomic mass is 35.5. The van der Waals surface area contributed by atoms with Crippen LogP contribution < -0.4 is 10.1 Å². The van der Waals surface area contributed by atoms with Crippen LogP contribution in [0.25, 0.3) is 0 Å². The lowest BCUT2D eigenvalue weighted by Crippen LogP contribution is -2.42. The van der Waals surface area contributed by atoms with E-state index in [9.17, 15) is 9.90 Å². The predicted molar refractivity (Wildman–Crippen MR) is 81.6 cm³/mol. The van der Waals surface area contributed by atoms with Gasteiger partial charge in [-0.1, -0.05) is 17.7 Å². The topological polar surface area (TPSA) is 61.8 Å². The van der Waals surface area contributed by atoms with Crippen LogP contribution in [0.2, 0.25) is 5.02 Å². The number of nitrogens with one attached hydrogen (secondary N) is 1. The Kier molecular flexibility index (Phi) is 5.85. The lowest BCUT2D eigenvalue weighted by Gasteiger charge is -2.21. The van der Waals surface area contributed by atoms with Crippen molar-refractivity contribution in [1.29, 1.82) is 0 Å². The van der Waals surface area contributed by atoms with Crippen molar-refractivity contribution in [1.82, 2.24) is 10.2 Å². The first kappa shape index (κ1) is 16.1. The molecule has 0 unspecified atom stereocenters. The van der Waals surface area contributed by atoms with Gasteiger partial charge in [-0.15, -0.1) is 0 Å². The van der Waals surface area contributed by atoms with E-state index in [-0.39, 0.29) is 11.9 Å². The molecule has 116 valence electrons. The van der Waals surface area contributed by atoms with E-state index in [4.69, 9.17) is 16.3 Å². The third-order valence-corrected chi connectivity index (χ3v) is 3.72. The summed E-state index contributed by atoms with van der Waals surface area (Å²) in [5.74, 6) is 0.756. The summed E-state index contributed by atoms with van der Waals surface area (Å²) in [6.07, 6.45) is 0.810. The maximum atomic E-state index is 12.1. The van der Waals surface area contributed by atoms with Crippen molar-refractivity contribution in [2.45, 2.75) is 25.0 Å². The van der Waals surface area contributed by atoms with Crippen LogP contribution in [0.3, 0.4) is 0 Å². The summed E-state index contributed by atoms with van der Waals surface area (Å²) in [6.45, 7) is 1.63. The zero-order valence-corrected chi connectivity index (χ0v) is 12.8. The number of halogens is 1. The summed E-state index contributed by atoms with van der Waals surface area (Å²) in [5.41, 5.74) is 0. The lowest BCUT2D eigenvalue weighted by atomic mass is 10.2. The van der Waals surface area contributed by atoms with E-state index in [0.717, 1.165) is 12.2 Å². The molecule has 1 amide bonds. The zero-order valence-electron chi connectivity index (χ0n) is 12.1. The van der Waals surface area contributed by atoms with E-state index in [2.05, 4.69) is 5.32 Å². The summed E-state index contributed by atoms with van der Waals surface area (Å²) < 4.78 is 5.58. The highest BCUT2D eigenvalue weighted by Gasteiger charge is 2.29. The normalized spacial score (nSPS) is 21.3. The first-order chi connectivity index (χ1) is 10.1. The standard InChI is InChI=1S/C15H21ClN2O3/c1-18(15(20)14-9-12(19)10-17-14)6-3-7-21-13-5-2-4-11(16)8-13/h2,4-5,8,12,14,17,19H,3,6-7,9-10H2,1H3/t12-,14+/m0/s1. The number of carbonyl (C=O) groups is 1. The number of rotatable bonds is 6. The average Bonchev–Trinajstić information content (AvgIpc) is 2.89. The molecule has 0 spiro atoms. The van der Waals surface area contributed by atoms with E-state index in [1.54, 1.807) is 24.1 Å². The number of nitrogens with zero attached hydrogens (tertiary/aromatic N) is 1. The largest absolute Gasteiger partial charge is 0.493 e. The van der Waals surface area contributed by atoms with Gasteiger partial charge in [0, 0.05) is 25.2 Å².